The van der Waals surface area contributed by atoms with E-state index in [0.717, 1.165) is 48.5 Å². The Bertz CT molecular complexity index is 933. The lowest BCUT2D eigenvalue weighted by atomic mass is 9.88. The lowest BCUT2D eigenvalue weighted by Gasteiger charge is -2.30. The number of hydrogen-bond donors (Lipinski definition) is 2. The molecule has 1 aromatic rings. The highest BCUT2D eigenvalue weighted by molar-refractivity contribution is 6.21. The summed E-state index contributed by atoms with van der Waals surface area (Å²) in [4.78, 5) is 2.20. The zero-order chi connectivity index (χ0) is 17.0. The molecule has 0 aromatic heterocycles. The van der Waals surface area contributed by atoms with Crippen LogP contribution < -0.4 is 10.7 Å². The first-order chi connectivity index (χ1) is 12.2. The average molecular weight is 334 g/mol. The van der Waals surface area contributed by atoms with Gasteiger partial charge in [0, 0.05) is 54.7 Å². The monoisotopic (exact) mass is 334 g/mol. The fourth-order valence-electron chi connectivity index (χ4n) is 4.04. The Morgan fingerprint density at radius 2 is 2.12 bits per heavy atom. The first-order valence-corrected chi connectivity index (χ1v) is 8.63. The second-order valence-electron chi connectivity index (χ2n) is 6.82. The van der Waals surface area contributed by atoms with Crippen molar-refractivity contribution in [2.24, 2.45) is 5.10 Å². The number of benzene rings is 1. The first kappa shape index (κ1) is 14.7. The zero-order valence-corrected chi connectivity index (χ0v) is 14.1. The molecule has 0 fully saturated rings. The highest BCUT2D eigenvalue weighted by Gasteiger charge is 2.31. The summed E-state index contributed by atoms with van der Waals surface area (Å²) in [6.45, 7) is 2.74. The molecule has 0 radical (unpaired) electrons. The molecule has 0 atom stereocenters. The van der Waals surface area contributed by atoms with Crippen LogP contribution in [0.5, 0.6) is 0 Å². The summed E-state index contributed by atoms with van der Waals surface area (Å²) in [5, 5.41) is 7.90. The Morgan fingerprint density at radius 3 is 2.96 bits per heavy atom. The van der Waals surface area contributed by atoms with E-state index >= 15 is 0 Å². The van der Waals surface area contributed by atoms with Crippen molar-refractivity contribution in [1.82, 2.24) is 15.6 Å². The van der Waals surface area contributed by atoms with Crippen LogP contribution >= 0.6 is 0 Å². The van der Waals surface area contributed by atoms with Crippen molar-refractivity contribution in [3.8, 4) is 0 Å². The summed E-state index contributed by atoms with van der Waals surface area (Å²) in [6, 6.07) is 5.81. The lowest BCUT2D eigenvalue weighted by Crippen LogP contribution is -2.29. The quantitative estimate of drug-likeness (QED) is 0.830. The fourth-order valence-corrected chi connectivity index (χ4v) is 4.04. The number of likely N-dealkylation sites (N-methyl/N-ethyl adjacent to an activating group) is 1. The number of nitrogens with one attached hydrogen (secondary N) is 2. The number of fused-ring (bicyclic) bond motifs is 2. The number of hydrogen-bond acceptors (Lipinski definition) is 4. The largest absolute Gasteiger partial charge is 0.375 e. The topological polar surface area (TPSA) is 39.7 Å². The van der Waals surface area contributed by atoms with Gasteiger partial charge >= 0.3 is 0 Å². The molecule has 0 saturated heterocycles. The molecule has 2 N–H and O–H groups in total. The second kappa shape index (κ2) is 5.43. The smallest absolute Gasteiger partial charge is 0.133 e. The highest BCUT2D eigenvalue weighted by atomic mass is 19.1. The maximum absolute atomic E-state index is 14.3. The van der Waals surface area contributed by atoms with Gasteiger partial charge in [0.05, 0.1) is 11.4 Å². The molecule has 0 bridgehead atoms. The van der Waals surface area contributed by atoms with Crippen molar-refractivity contribution in [3.05, 3.63) is 70.1 Å². The van der Waals surface area contributed by atoms with Gasteiger partial charge in [-0.05, 0) is 24.1 Å². The van der Waals surface area contributed by atoms with E-state index in [-0.39, 0.29) is 5.83 Å². The van der Waals surface area contributed by atoms with Crippen LogP contribution in [0.3, 0.4) is 0 Å². The van der Waals surface area contributed by atoms with E-state index in [1.807, 2.05) is 12.1 Å². The third kappa shape index (κ3) is 2.19. The standard InChI is InChI=1S/C20H19FN4/c1-25-10-15(12-5-7-22-8-6-12)20-16(11-25)13-3-2-4-14-17(21)9-18(19(13)14)23-24-20/h2-5,9,11,22,24H,6-8,10H2,1H3. The van der Waals surface area contributed by atoms with Gasteiger partial charge < -0.3 is 10.2 Å². The van der Waals surface area contributed by atoms with E-state index in [9.17, 15) is 4.39 Å². The van der Waals surface area contributed by atoms with Crippen LogP contribution in [0.1, 0.15) is 23.1 Å². The molecule has 4 nitrogen and oxygen atoms in total. The van der Waals surface area contributed by atoms with Crippen LogP contribution in [0.25, 0.3) is 11.4 Å². The van der Waals surface area contributed by atoms with Gasteiger partial charge in [-0.25, -0.2) is 4.39 Å². The Hall–Kier alpha value is -2.66. The minimum Gasteiger partial charge on any atom is -0.375 e. The van der Waals surface area contributed by atoms with Crippen LogP contribution in [-0.2, 0) is 0 Å². The SMILES string of the molecule is CN1C=C2C(=C(C3=CCNCC3)C1)NN=C1C=C(F)c3cccc2c31. The molecule has 0 unspecified atom stereocenters. The minimum absolute atomic E-state index is 0.212. The zero-order valence-electron chi connectivity index (χ0n) is 14.1. The van der Waals surface area contributed by atoms with Crippen molar-refractivity contribution < 1.29 is 4.39 Å². The van der Waals surface area contributed by atoms with Crippen LogP contribution in [0.4, 0.5) is 4.39 Å². The number of halogens is 1. The van der Waals surface area contributed by atoms with E-state index in [0.29, 0.717) is 11.3 Å². The van der Waals surface area contributed by atoms with Crippen molar-refractivity contribution in [3.63, 3.8) is 0 Å². The molecule has 3 heterocycles. The number of hydrazone groups is 1. The van der Waals surface area contributed by atoms with Gasteiger partial charge in [0.2, 0.25) is 0 Å². The van der Waals surface area contributed by atoms with E-state index in [1.165, 1.54) is 17.2 Å². The highest BCUT2D eigenvalue weighted by Crippen LogP contribution is 2.40. The van der Waals surface area contributed by atoms with Crippen molar-refractivity contribution >= 4 is 17.1 Å². The lowest BCUT2D eigenvalue weighted by molar-refractivity contribution is 0.486. The number of nitrogens with zero attached hydrogens (tertiary/aromatic N) is 2. The van der Waals surface area contributed by atoms with Gasteiger partial charge in [0.25, 0.3) is 0 Å². The maximum atomic E-state index is 14.3. The molecule has 1 aliphatic carbocycles. The van der Waals surface area contributed by atoms with Crippen LogP contribution in [0, 0.1) is 0 Å². The molecule has 4 aliphatic rings. The number of rotatable bonds is 1. The average Bonchev–Trinajstić information content (AvgIpc) is 2.88. The van der Waals surface area contributed by atoms with Crippen LogP contribution in [-0.4, -0.2) is 37.3 Å². The summed E-state index contributed by atoms with van der Waals surface area (Å²) < 4.78 is 14.3. The van der Waals surface area contributed by atoms with Crippen LogP contribution in [0.15, 0.2) is 58.5 Å². The predicted octanol–water partition coefficient (Wildman–Crippen LogP) is 2.78. The van der Waals surface area contributed by atoms with Crippen molar-refractivity contribution in [2.45, 2.75) is 6.42 Å². The Balaban J connectivity index is 1.74. The van der Waals surface area contributed by atoms with Gasteiger partial charge in [0.1, 0.15) is 5.83 Å². The summed E-state index contributed by atoms with van der Waals surface area (Å²) >= 11 is 0. The van der Waals surface area contributed by atoms with E-state index in [2.05, 4.69) is 46.1 Å². The Kier molecular flexibility index (Phi) is 3.18. The summed E-state index contributed by atoms with van der Waals surface area (Å²) in [5.41, 5.74) is 11.3. The van der Waals surface area contributed by atoms with E-state index in [4.69, 9.17) is 0 Å². The van der Waals surface area contributed by atoms with Crippen molar-refractivity contribution in [1.29, 1.82) is 0 Å². The molecule has 5 heteroatoms. The third-order valence-corrected chi connectivity index (χ3v) is 5.20. The third-order valence-electron chi connectivity index (χ3n) is 5.20. The minimum atomic E-state index is -0.212. The number of allylic oxidation sites excluding steroid dienone is 2. The molecule has 3 aliphatic heterocycles. The fraction of sp³-hybridized carbons (Fsp3) is 0.250. The first-order valence-electron chi connectivity index (χ1n) is 8.63. The molecule has 25 heavy (non-hydrogen) atoms. The molecule has 126 valence electrons. The van der Waals surface area contributed by atoms with Crippen LogP contribution in [0.2, 0.25) is 0 Å². The Labute approximate surface area is 146 Å². The summed E-state index contributed by atoms with van der Waals surface area (Å²) in [5.74, 6) is -0.212. The Morgan fingerprint density at radius 1 is 1.24 bits per heavy atom. The maximum Gasteiger partial charge on any atom is 0.133 e. The van der Waals surface area contributed by atoms with Gasteiger partial charge in [-0.2, -0.15) is 5.10 Å². The van der Waals surface area contributed by atoms with Gasteiger partial charge in [0.15, 0.2) is 0 Å². The molecule has 0 spiro atoms. The van der Waals surface area contributed by atoms with Gasteiger partial charge in [-0.3, -0.25) is 5.43 Å². The molecule has 0 saturated carbocycles. The normalized spacial score (nSPS) is 21.4. The summed E-state index contributed by atoms with van der Waals surface area (Å²) in [6.07, 6.45) is 6.94. The molecular weight excluding hydrogens is 315 g/mol. The molecule has 5 rings (SSSR count). The van der Waals surface area contributed by atoms with E-state index < -0.39 is 0 Å². The van der Waals surface area contributed by atoms with Crippen molar-refractivity contribution in [2.75, 3.05) is 26.7 Å². The summed E-state index contributed by atoms with van der Waals surface area (Å²) in [7, 11) is 2.08. The molecule has 1 aromatic carbocycles. The van der Waals surface area contributed by atoms with E-state index in [1.54, 1.807) is 0 Å². The molecule has 0 amide bonds. The predicted molar refractivity (Wildman–Crippen MR) is 98.4 cm³/mol. The van der Waals surface area contributed by atoms with Gasteiger partial charge in [-0.15, -0.1) is 0 Å². The second-order valence-corrected chi connectivity index (χ2v) is 6.82. The van der Waals surface area contributed by atoms with Gasteiger partial charge in [-0.1, -0.05) is 24.3 Å². The molecular formula is C20H19FN4.